The van der Waals surface area contributed by atoms with Crippen molar-refractivity contribution in [2.75, 3.05) is 13.2 Å². The van der Waals surface area contributed by atoms with Crippen LogP contribution in [-0.4, -0.2) is 34.5 Å². The van der Waals surface area contributed by atoms with E-state index in [1.807, 2.05) is 6.92 Å². The van der Waals surface area contributed by atoms with Gasteiger partial charge < -0.3 is 15.5 Å². The molecule has 0 aliphatic heterocycles. The summed E-state index contributed by atoms with van der Waals surface area (Å²) in [6, 6.07) is 0.139. The summed E-state index contributed by atoms with van der Waals surface area (Å²) in [5, 5.41) is 22.5. The number of nitrogens with zero attached hydrogens (tertiary/aromatic N) is 1. The molecule has 1 aromatic heterocycles. The monoisotopic (exact) mass is 272 g/mol. The molecule has 0 fully saturated rings. The summed E-state index contributed by atoms with van der Waals surface area (Å²) in [5.41, 5.74) is 1.11. The summed E-state index contributed by atoms with van der Waals surface area (Å²) in [6.07, 6.45) is -0.706. The predicted octanol–water partition coefficient (Wildman–Crippen LogP) is 1.75. The molecular formula is C13H24N2O2S. The van der Waals surface area contributed by atoms with E-state index in [4.69, 9.17) is 5.11 Å². The minimum absolute atomic E-state index is 0.0675. The van der Waals surface area contributed by atoms with Gasteiger partial charge in [0.05, 0.1) is 23.4 Å². The van der Waals surface area contributed by atoms with Crippen LogP contribution < -0.4 is 5.32 Å². The average molecular weight is 272 g/mol. The lowest BCUT2D eigenvalue weighted by atomic mass is 9.98. The number of nitrogens with one attached hydrogen (secondary N) is 1. The molecular weight excluding hydrogens is 248 g/mol. The highest BCUT2D eigenvalue weighted by Crippen LogP contribution is 2.32. The molecule has 1 aromatic rings. The van der Waals surface area contributed by atoms with E-state index < -0.39 is 6.10 Å². The molecule has 5 heteroatoms. The Hall–Kier alpha value is -0.490. The van der Waals surface area contributed by atoms with E-state index >= 15 is 0 Å². The number of thiazole rings is 1. The molecule has 0 spiro atoms. The van der Waals surface area contributed by atoms with Gasteiger partial charge in [0, 0.05) is 22.9 Å². The van der Waals surface area contributed by atoms with Gasteiger partial charge >= 0.3 is 0 Å². The highest BCUT2D eigenvalue weighted by atomic mass is 32.1. The number of aliphatic hydroxyl groups excluding tert-OH is 2. The van der Waals surface area contributed by atoms with E-state index in [2.05, 4.69) is 38.0 Å². The van der Waals surface area contributed by atoms with Crippen molar-refractivity contribution in [1.82, 2.24) is 10.3 Å². The molecule has 2 unspecified atom stereocenters. The summed E-state index contributed by atoms with van der Waals surface area (Å²) in [7, 11) is 0. The van der Waals surface area contributed by atoms with Crippen LogP contribution in [0.4, 0.5) is 0 Å². The predicted molar refractivity (Wildman–Crippen MR) is 75.1 cm³/mol. The first kappa shape index (κ1) is 15.6. The summed E-state index contributed by atoms with van der Waals surface area (Å²) in [4.78, 5) is 5.82. The molecule has 2 atom stereocenters. The normalized spacial score (nSPS) is 15.7. The first-order valence-corrected chi connectivity index (χ1v) is 7.07. The topological polar surface area (TPSA) is 65.4 Å². The standard InChI is InChI=1S/C13H24N2O2S/c1-8(14-6-10(17)7-16)11-9(2)15-12(18-11)13(3,4)5/h8,10,14,16-17H,6-7H2,1-5H3. The Morgan fingerprint density at radius 1 is 1.39 bits per heavy atom. The van der Waals surface area contributed by atoms with Gasteiger partial charge in [-0.05, 0) is 13.8 Å². The highest BCUT2D eigenvalue weighted by Gasteiger charge is 2.22. The maximum absolute atomic E-state index is 9.33. The van der Waals surface area contributed by atoms with Gasteiger partial charge in [-0.3, -0.25) is 0 Å². The lowest BCUT2D eigenvalue weighted by Gasteiger charge is -2.16. The minimum atomic E-state index is -0.706. The molecule has 4 nitrogen and oxygen atoms in total. The van der Waals surface area contributed by atoms with Crippen molar-refractivity contribution in [2.45, 2.75) is 52.2 Å². The summed E-state index contributed by atoms with van der Waals surface area (Å²) in [5.74, 6) is 0. The largest absolute Gasteiger partial charge is 0.394 e. The molecule has 18 heavy (non-hydrogen) atoms. The molecule has 0 bridgehead atoms. The lowest BCUT2D eigenvalue weighted by molar-refractivity contribution is 0.0924. The number of hydrogen-bond donors (Lipinski definition) is 3. The van der Waals surface area contributed by atoms with Crippen LogP contribution in [0.3, 0.4) is 0 Å². The van der Waals surface area contributed by atoms with Crippen molar-refractivity contribution in [3.63, 3.8) is 0 Å². The summed E-state index contributed by atoms with van der Waals surface area (Å²) in [6.45, 7) is 10.7. The molecule has 0 aromatic carbocycles. The Bertz CT molecular complexity index is 385. The third-order valence-corrected chi connectivity index (χ3v) is 4.50. The van der Waals surface area contributed by atoms with Crippen molar-refractivity contribution in [1.29, 1.82) is 0 Å². The fourth-order valence-electron chi connectivity index (χ4n) is 1.60. The van der Waals surface area contributed by atoms with Crippen molar-refractivity contribution in [2.24, 2.45) is 0 Å². The van der Waals surface area contributed by atoms with Crippen LogP contribution in [0.1, 0.15) is 49.3 Å². The second kappa shape index (κ2) is 6.10. The Morgan fingerprint density at radius 3 is 2.44 bits per heavy atom. The molecule has 0 saturated heterocycles. The number of rotatable bonds is 5. The second-order valence-electron chi connectivity index (χ2n) is 5.69. The van der Waals surface area contributed by atoms with Crippen molar-refractivity contribution in [3.05, 3.63) is 15.6 Å². The summed E-state index contributed by atoms with van der Waals surface area (Å²) < 4.78 is 0. The molecule has 0 radical (unpaired) electrons. The fraction of sp³-hybridized carbons (Fsp3) is 0.769. The van der Waals surface area contributed by atoms with Crippen LogP contribution in [0.15, 0.2) is 0 Å². The zero-order valence-corrected chi connectivity index (χ0v) is 12.6. The highest BCUT2D eigenvalue weighted by molar-refractivity contribution is 7.12. The first-order valence-electron chi connectivity index (χ1n) is 6.25. The smallest absolute Gasteiger partial charge is 0.0985 e. The van der Waals surface area contributed by atoms with E-state index in [9.17, 15) is 5.11 Å². The van der Waals surface area contributed by atoms with E-state index in [1.54, 1.807) is 11.3 Å². The van der Waals surface area contributed by atoms with Gasteiger partial charge in [0.1, 0.15) is 0 Å². The Balaban J connectivity index is 2.74. The zero-order valence-electron chi connectivity index (χ0n) is 11.8. The van der Waals surface area contributed by atoms with Crippen LogP contribution in [0.25, 0.3) is 0 Å². The molecule has 104 valence electrons. The van der Waals surface area contributed by atoms with Crippen LogP contribution in [0.2, 0.25) is 0 Å². The van der Waals surface area contributed by atoms with E-state index in [0.29, 0.717) is 6.54 Å². The Labute approximate surface area is 113 Å². The number of aromatic nitrogens is 1. The Kier molecular flexibility index (Phi) is 5.28. The molecule has 0 aliphatic carbocycles. The minimum Gasteiger partial charge on any atom is -0.394 e. The van der Waals surface area contributed by atoms with Crippen molar-refractivity contribution in [3.8, 4) is 0 Å². The Morgan fingerprint density at radius 2 is 2.00 bits per heavy atom. The molecule has 1 rings (SSSR count). The molecule has 3 N–H and O–H groups in total. The van der Waals surface area contributed by atoms with Gasteiger partial charge in [0.2, 0.25) is 0 Å². The van der Waals surface area contributed by atoms with Gasteiger partial charge in [0.25, 0.3) is 0 Å². The number of aliphatic hydroxyl groups is 2. The average Bonchev–Trinajstić information content (AvgIpc) is 2.67. The zero-order chi connectivity index (χ0) is 13.9. The van der Waals surface area contributed by atoms with Gasteiger partial charge in [0.15, 0.2) is 0 Å². The summed E-state index contributed by atoms with van der Waals surface area (Å²) >= 11 is 1.72. The number of aryl methyl sites for hydroxylation is 1. The van der Waals surface area contributed by atoms with Crippen LogP contribution in [-0.2, 0) is 5.41 Å². The quantitative estimate of drug-likeness (QED) is 0.764. The molecule has 0 aliphatic rings. The molecule has 0 saturated carbocycles. The lowest BCUT2D eigenvalue weighted by Crippen LogP contribution is -2.31. The van der Waals surface area contributed by atoms with E-state index in [-0.39, 0.29) is 18.1 Å². The van der Waals surface area contributed by atoms with Crippen LogP contribution >= 0.6 is 11.3 Å². The number of hydrogen-bond acceptors (Lipinski definition) is 5. The maximum atomic E-state index is 9.33. The van der Waals surface area contributed by atoms with Gasteiger partial charge in [-0.25, -0.2) is 4.98 Å². The van der Waals surface area contributed by atoms with Crippen molar-refractivity contribution >= 4 is 11.3 Å². The maximum Gasteiger partial charge on any atom is 0.0985 e. The van der Waals surface area contributed by atoms with Crippen LogP contribution in [0, 0.1) is 6.92 Å². The van der Waals surface area contributed by atoms with E-state index in [1.165, 1.54) is 4.88 Å². The van der Waals surface area contributed by atoms with Crippen LogP contribution in [0.5, 0.6) is 0 Å². The SMILES string of the molecule is Cc1nc(C(C)(C)C)sc1C(C)NCC(O)CO. The third-order valence-electron chi connectivity index (χ3n) is 2.74. The molecule has 0 amide bonds. The van der Waals surface area contributed by atoms with E-state index in [0.717, 1.165) is 10.7 Å². The van der Waals surface area contributed by atoms with Gasteiger partial charge in [-0.1, -0.05) is 20.8 Å². The van der Waals surface area contributed by atoms with Gasteiger partial charge in [-0.15, -0.1) is 11.3 Å². The van der Waals surface area contributed by atoms with Gasteiger partial charge in [-0.2, -0.15) is 0 Å². The van der Waals surface area contributed by atoms with Crippen molar-refractivity contribution < 1.29 is 10.2 Å². The second-order valence-corrected chi connectivity index (χ2v) is 6.72. The molecule has 1 heterocycles. The fourth-order valence-corrected chi connectivity index (χ4v) is 2.75. The third kappa shape index (κ3) is 4.02. The first-order chi connectivity index (χ1) is 8.25.